The van der Waals surface area contributed by atoms with Crippen molar-refractivity contribution in [1.29, 1.82) is 5.41 Å². The lowest BCUT2D eigenvalue weighted by Crippen LogP contribution is -2.36. The van der Waals surface area contributed by atoms with E-state index in [1.165, 1.54) is 10.5 Å². The number of hydrogen-bond donors (Lipinski definition) is 2. The van der Waals surface area contributed by atoms with Gasteiger partial charge in [0, 0.05) is 25.1 Å². The molecule has 0 atom stereocenters. The molecule has 0 aliphatic rings. The van der Waals surface area contributed by atoms with Crippen molar-refractivity contribution in [3.05, 3.63) is 105 Å². The maximum absolute atomic E-state index is 13.5. The molecule has 0 fully saturated rings. The van der Waals surface area contributed by atoms with Crippen LogP contribution in [0.1, 0.15) is 27.0 Å². The zero-order valence-electron chi connectivity index (χ0n) is 21.9. The Morgan fingerprint density at radius 2 is 1.85 bits per heavy atom. The minimum absolute atomic E-state index is 0.0418. The number of aromatic nitrogens is 4. The summed E-state index contributed by atoms with van der Waals surface area (Å²) in [4.78, 5) is 35.8. The van der Waals surface area contributed by atoms with Crippen LogP contribution >= 0.6 is 0 Å². The molecule has 0 aliphatic carbocycles. The molecule has 0 radical (unpaired) electrons. The van der Waals surface area contributed by atoms with Crippen LogP contribution in [0.15, 0.2) is 71.9 Å². The Morgan fingerprint density at radius 3 is 2.59 bits per heavy atom. The van der Waals surface area contributed by atoms with Gasteiger partial charge in [-0.15, -0.1) is 0 Å². The van der Waals surface area contributed by atoms with E-state index >= 15 is 0 Å². The number of rotatable bonds is 8. The van der Waals surface area contributed by atoms with Crippen molar-refractivity contribution in [2.45, 2.75) is 19.9 Å². The summed E-state index contributed by atoms with van der Waals surface area (Å²) < 4.78 is 13.7. The van der Waals surface area contributed by atoms with Gasteiger partial charge in [0.05, 0.1) is 31.7 Å². The van der Waals surface area contributed by atoms with Gasteiger partial charge >= 0.3 is 0 Å². The number of hydrogen-bond acceptors (Lipinski definition) is 7. The highest BCUT2D eigenvalue weighted by molar-refractivity contribution is 5.96. The Morgan fingerprint density at radius 1 is 1.03 bits per heavy atom. The van der Waals surface area contributed by atoms with E-state index in [9.17, 15) is 9.59 Å². The van der Waals surface area contributed by atoms with Crippen LogP contribution in [0.25, 0.3) is 16.7 Å². The van der Waals surface area contributed by atoms with E-state index in [0.29, 0.717) is 35.8 Å². The Bertz CT molecular complexity index is 1810. The van der Waals surface area contributed by atoms with Crippen molar-refractivity contribution in [2.75, 3.05) is 20.8 Å². The molecule has 0 spiro atoms. The fourth-order valence-electron chi connectivity index (χ4n) is 4.55. The number of amides is 1. The summed E-state index contributed by atoms with van der Waals surface area (Å²) in [5.41, 5.74) is 3.17. The quantitative estimate of drug-likeness (QED) is 0.301. The Kier molecular flexibility index (Phi) is 7.09. The predicted octanol–water partition coefficient (Wildman–Crippen LogP) is 2.87. The van der Waals surface area contributed by atoms with Crippen LogP contribution in [0, 0.1) is 12.3 Å². The monoisotopic (exact) mass is 524 g/mol. The lowest BCUT2D eigenvalue weighted by molar-refractivity contribution is 0.0951. The van der Waals surface area contributed by atoms with Crippen molar-refractivity contribution < 1.29 is 14.3 Å². The maximum atomic E-state index is 13.5. The molecule has 10 heteroatoms. The van der Waals surface area contributed by atoms with Crippen LogP contribution < -0.4 is 25.8 Å². The molecule has 1 amide bonds. The fourth-order valence-corrected chi connectivity index (χ4v) is 4.55. The van der Waals surface area contributed by atoms with Gasteiger partial charge < -0.3 is 19.4 Å². The normalized spacial score (nSPS) is 11.1. The second-order valence-corrected chi connectivity index (χ2v) is 9.09. The summed E-state index contributed by atoms with van der Waals surface area (Å²) in [6.07, 6.45) is 5.54. The van der Waals surface area contributed by atoms with Gasteiger partial charge in [0.25, 0.3) is 11.5 Å². The molecule has 10 nitrogen and oxygen atoms in total. The molecule has 0 unspecified atom stereocenters. The lowest BCUT2D eigenvalue weighted by atomic mass is 10.1. The van der Waals surface area contributed by atoms with Gasteiger partial charge in [-0.2, -0.15) is 0 Å². The SMILES string of the molecule is COc1ccc(CCNC(=O)c2cc3c(=O)n4cccc(C)c4nc3n(Cc3cccnc3)c2=N)cc1OC. The third kappa shape index (κ3) is 4.96. The molecule has 5 aromatic rings. The maximum Gasteiger partial charge on any atom is 0.267 e. The molecular weight excluding hydrogens is 496 g/mol. The van der Waals surface area contributed by atoms with Gasteiger partial charge in [-0.1, -0.05) is 18.2 Å². The van der Waals surface area contributed by atoms with E-state index in [0.717, 1.165) is 16.7 Å². The lowest BCUT2D eigenvalue weighted by Gasteiger charge is -2.15. The van der Waals surface area contributed by atoms with Gasteiger partial charge in [0.1, 0.15) is 16.8 Å². The van der Waals surface area contributed by atoms with E-state index in [2.05, 4.69) is 10.3 Å². The molecule has 4 heterocycles. The summed E-state index contributed by atoms with van der Waals surface area (Å²) >= 11 is 0. The number of methoxy groups -OCH3 is 2. The average molecular weight is 525 g/mol. The van der Waals surface area contributed by atoms with Crippen LogP contribution in [0.5, 0.6) is 11.5 Å². The average Bonchev–Trinajstić information content (AvgIpc) is 2.95. The van der Waals surface area contributed by atoms with E-state index < -0.39 is 5.91 Å². The minimum Gasteiger partial charge on any atom is -0.493 e. The van der Waals surface area contributed by atoms with E-state index in [4.69, 9.17) is 19.9 Å². The highest BCUT2D eigenvalue weighted by Crippen LogP contribution is 2.27. The van der Waals surface area contributed by atoms with E-state index in [1.54, 1.807) is 49.5 Å². The van der Waals surface area contributed by atoms with Crippen LogP contribution in [0.2, 0.25) is 0 Å². The van der Waals surface area contributed by atoms with Gasteiger partial charge in [0.2, 0.25) is 0 Å². The van der Waals surface area contributed by atoms with Gasteiger partial charge in [0.15, 0.2) is 11.5 Å². The number of nitrogens with one attached hydrogen (secondary N) is 2. The van der Waals surface area contributed by atoms with Crippen LogP contribution in [0.4, 0.5) is 0 Å². The molecular formula is C29H28N6O4. The number of nitrogens with zero attached hydrogens (tertiary/aromatic N) is 4. The van der Waals surface area contributed by atoms with Gasteiger partial charge in [-0.3, -0.25) is 24.4 Å². The first-order valence-corrected chi connectivity index (χ1v) is 12.4. The zero-order chi connectivity index (χ0) is 27.5. The molecule has 0 bridgehead atoms. The first kappa shape index (κ1) is 25.7. The van der Waals surface area contributed by atoms with Gasteiger partial charge in [-0.05, 0) is 60.4 Å². The van der Waals surface area contributed by atoms with Crippen LogP contribution in [-0.2, 0) is 13.0 Å². The molecule has 1 aromatic carbocycles. The molecule has 39 heavy (non-hydrogen) atoms. The number of ether oxygens (including phenoxy) is 2. The van der Waals surface area contributed by atoms with E-state index in [-0.39, 0.29) is 28.5 Å². The number of benzene rings is 1. The van der Waals surface area contributed by atoms with Crippen molar-refractivity contribution in [1.82, 2.24) is 24.3 Å². The fraction of sp³-hybridized carbons (Fsp3) is 0.207. The summed E-state index contributed by atoms with van der Waals surface area (Å²) in [7, 11) is 3.15. The van der Waals surface area contributed by atoms with Crippen molar-refractivity contribution >= 4 is 22.6 Å². The number of aryl methyl sites for hydroxylation is 1. The molecule has 0 saturated heterocycles. The van der Waals surface area contributed by atoms with Gasteiger partial charge in [-0.25, -0.2) is 4.98 Å². The molecule has 5 rings (SSSR count). The Hall–Kier alpha value is -4.99. The van der Waals surface area contributed by atoms with Crippen molar-refractivity contribution in [2.24, 2.45) is 0 Å². The summed E-state index contributed by atoms with van der Waals surface area (Å²) in [5.74, 6) is 0.785. The second-order valence-electron chi connectivity index (χ2n) is 9.09. The van der Waals surface area contributed by atoms with Crippen molar-refractivity contribution in [3.8, 4) is 11.5 Å². The molecule has 4 aromatic heterocycles. The van der Waals surface area contributed by atoms with Crippen LogP contribution in [0.3, 0.4) is 0 Å². The largest absolute Gasteiger partial charge is 0.493 e. The number of fused-ring (bicyclic) bond motifs is 2. The number of pyridine rings is 3. The van der Waals surface area contributed by atoms with E-state index in [1.807, 2.05) is 37.3 Å². The predicted molar refractivity (Wildman–Crippen MR) is 146 cm³/mol. The standard InChI is InChI=1S/C29H28N6O4/c1-18-6-5-13-34-26(18)33-27-22(29(34)37)15-21(25(30)35(27)17-20-7-4-11-31-16-20)28(36)32-12-10-19-8-9-23(38-2)24(14-19)39-3/h4-9,11,13-16,30H,10,12,17H2,1-3H3,(H,32,36). The number of carbonyl (C=O) groups is 1. The van der Waals surface area contributed by atoms with Crippen molar-refractivity contribution in [3.63, 3.8) is 0 Å². The highest BCUT2D eigenvalue weighted by Gasteiger charge is 2.18. The molecule has 0 aliphatic heterocycles. The Labute approximate surface area is 224 Å². The molecule has 198 valence electrons. The first-order valence-electron chi connectivity index (χ1n) is 12.4. The second kappa shape index (κ2) is 10.8. The zero-order valence-corrected chi connectivity index (χ0v) is 21.9. The first-order chi connectivity index (χ1) is 18.9. The third-order valence-electron chi connectivity index (χ3n) is 6.59. The Balaban J connectivity index is 1.53. The topological polar surface area (TPSA) is 124 Å². The smallest absolute Gasteiger partial charge is 0.267 e. The van der Waals surface area contributed by atoms with Crippen LogP contribution in [-0.4, -0.2) is 45.6 Å². The summed E-state index contributed by atoms with van der Waals surface area (Å²) in [6.45, 7) is 2.42. The molecule has 0 saturated carbocycles. The summed E-state index contributed by atoms with van der Waals surface area (Å²) in [6, 6.07) is 14.4. The minimum atomic E-state index is -0.448. The summed E-state index contributed by atoms with van der Waals surface area (Å²) in [5, 5.41) is 12.1. The third-order valence-corrected chi connectivity index (χ3v) is 6.59. The highest BCUT2D eigenvalue weighted by atomic mass is 16.5. The molecule has 2 N–H and O–H groups in total. The number of carbonyl (C=O) groups excluding carboxylic acids is 1.